The highest BCUT2D eigenvalue weighted by atomic mass is 32.2. The zero-order valence-electron chi connectivity index (χ0n) is 14.7. The summed E-state index contributed by atoms with van der Waals surface area (Å²) in [5.74, 6) is 0. The van der Waals surface area contributed by atoms with Crippen molar-refractivity contribution >= 4 is 20.0 Å². The predicted octanol–water partition coefficient (Wildman–Crippen LogP) is 2.29. The SMILES string of the molecule is CN(C)S(=O)(=O)c1ccc(S(=O)(=O)N[C@H]2CCCc3ccccc32)cc1. The van der Waals surface area contributed by atoms with E-state index in [4.69, 9.17) is 0 Å². The highest BCUT2D eigenvalue weighted by Crippen LogP contribution is 2.31. The Kier molecular flexibility index (Phi) is 5.21. The third-order valence-electron chi connectivity index (χ3n) is 4.58. The van der Waals surface area contributed by atoms with Crippen molar-refractivity contribution in [2.45, 2.75) is 35.1 Å². The molecule has 0 heterocycles. The van der Waals surface area contributed by atoms with Gasteiger partial charge in [0.2, 0.25) is 20.0 Å². The van der Waals surface area contributed by atoms with Crippen molar-refractivity contribution in [1.29, 1.82) is 0 Å². The third-order valence-corrected chi connectivity index (χ3v) is 7.90. The molecule has 1 N–H and O–H groups in total. The van der Waals surface area contributed by atoms with Gasteiger partial charge in [-0.25, -0.2) is 25.9 Å². The average Bonchev–Trinajstić information content (AvgIpc) is 2.62. The van der Waals surface area contributed by atoms with E-state index in [1.54, 1.807) is 0 Å². The van der Waals surface area contributed by atoms with Crippen molar-refractivity contribution in [2.24, 2.45) is 0 Å². The molecule has 0 radical (unpaired) electrons. The van der Waals surface area contributed by atoms with Crippen LogP contribution in [0.5, 0.6) is 0 Å². The fourth-order valence-electron chi connectivity index (χ4n) is 3.13. The second-order valence-corrected chi connectivity index (χ2v) is 10.4. The fraction of sp³-hybridized carbons (Fsp3) is 0.333. The van der Waals surface area contributed by atoms with Crippen molar-refractivity contribution in [3.63, 3.8) is 0 Å². The van der Waals surface area contributed by atoms with Gasteiger partial charge < -0.3 is 0 Å². The summed E-state index contributed by atoms with van der Waals surface area (Å²) >= 11 is 0. The van der Waals surface area contributed by atoms with Gasteiger partial charge >= 0.3 is 0 Å². The Morgan fingerprint density at radius 2 is 1.54 bits per heavy atom. The largest absolute Gasteiger partial charge is 0.242 e. The van der Waals surface area contributed by atoms with Crippen molar-refractivity contribution in [1.82, 2.24) is 9.03 Å². The number of nitrogens with zero attached hydrogens (tertiary/aromatic N) is 1. The molecule has 0 aromatic heterocycles. The lowest BCUT2D eigenvalue weighted by molar-refractivity contribution is 0.507. The molecule has 0 saturated carbocycles. The Morgan fingerprint density at radius 1 is 0.923 bits per heavy atom. The quantitative estimate of drug-likeness (QED) is 0.843. The number of hydrogen-bond donors (Lipinski definition) is 1. The van der Waals surface area contributed by atoms with Crippen molar-refractivity contribution in [3.05, 3.63) is 59.7 Å². The zero-order chi connectivity index (χ0) is 18.9. The highest BCUT2D eigenvalue weighted by Gasteiger charge is 2.26. The Balaban J connectivity index is 1.86. The minimum absolute atomic E-state index is 0.0539. The molecule has 26 heavy (non-hydrogen) atoms. The van der Waals surface area contributed by atoms with E-state index >= 15 is 0 Å². The fourth-order valence-corrected chi connectivity index (χ4v) is 5.28. The molecule has 0 saturated heterocycles. The van der Waals surface area contributed by atoms with E-state index in [-0.39, 0.29) is 15.8 Å². The Hall–Kier alpha value is -1.74. The van der Waals surface area contributed by atoms with Crippen LogP contribution in [-0.2, 0) is 26.5 Å². The summed E-state index contributed by atoms with van der Waals surface area (Å²) in [5.41, 5.74) is 2.17. The zero-order valence-corrected chi connectivity index (χ0v) is 16.3. The Labute approximate surface area is 155 Å². The van der Waals surface area contributed by atoms with Gasteiger partial charge in [0.15, 0.2) is 0 Å². The van der Waals surface area contributed by atoms with E-state index in [9.17, 15) is 16.8 Å². The molecule has 0 unspecified atom stereocenters. The first-order valence-electron chi connectivity index (χ1n) is 8.34. The maximum Gasteiger partial charge on any atom is 0.242 e. The van der Waals surface area contributed by atoms with Crippen molar-refractivity contribution in [3.8, 4) is 0 Å². The first-order valence-corrected chi connectivity index (χ1v) is 11.3. The third kappa shape index (κ3) is 3.68. The predicted molar refractivity (Wildman–Crippen MR) is 99.8 cm³/mol. The summed E-state index contributed by atoms with van der Waals surface area (Å²) in [4.78, 5) is 0.114. The van der Waals surface area contributed by atoms with Gasteiger partial charge in [-0.15, -0.1) is 0 Å². The Bertz CT molecular complexity index is 998. The minimum Gasteiger partial charge on any atom is -0.207 e. The van der Waals surface area contributed by atoms with Gasteiger partial charge in [0.1, 0.15) is 0 Å². The molecule has 0 amide bonds. The number of hydrogen-bond acceptors (Lipinski definition) is 4. The van der Waals surface area contributed by atoms with Crippen LogP contribution in [0.1, 0.15) is 30.0 Å². The van der Waals surface area contributed by atoms with Crippen LogP contribution in [0.25, 0.3) is 0 Å². The molecule has 140 valence electrons. The summed E-state index contributed by atoms with van der Waals surface area (Å²) in [5, 5.41) is 0. The van der Waals surface area contributed by atoms with Crippen molar-refractivity contribution in [2.75, 3.05) is 14.1 Å². The average molecular weight is 395 g/mol. The second kappa shape index (κ2) is 7.11. The summed E-state index contributed by atoms with van der Waals surface area (Å²) in [6.07, 6.45) is 2.61. The van der Waals surface area contributed by atoms with Gasteiger partial charge in [0.05, 0.1) is 9.79 Å². The molecule has 0 spiro atoms. The van der Waals surface area contributed by atoms with Crippen LogP contribution in [0, 0.1) is 0 Å². The first kappa shape index (κ1) is 19.0. The number of aryl methyl sites for hydroxylation is 1. The van der Waals surface area contributed by atoms with Gasteiger partial charge in [-0.3, -0.25) is 0 Å². The number of nitrogens with one attached hydrogen (secondary N) is 1. The molecule has 0 fully saturated rings. The van der Waals surface area contributed by atoms with E-state index in [1.165, 1.54) is 43.9 Å². The smallest absolute Gasteiger partial charge is 0.207 e. The van der Waals surface area contributed by atoms with E-state index in [0.29, 0.717) is 0 Å². The van der Waals surface area contributed by atoms with E-state index < -0.39 is 20.0 Å². The normalized spacial score (nSPS) is 17.9. The van der Waals surface area contributed by atoms with Crippen LogP contribution in [0.4, 0.5) is 0 Å². The standard InChI is InChI=1S/C18H22N2O4S2/c1-20(2)26(23,24)16-12-10-15(11-13-16)25(21,22)19-18-9-5-7-14-6-3-4-8-17(14)18/h3-4,6,8,10-13,18-19H,5,7,9H2,1-2H3/t18-/m0/s1. The number of rotatable bonds is 5. The van der Waals surface area contributed by atoms with Gasteiger partial charge in [-0.05, 0) is 54.7 Å². The molecule has 6 nitrogen and oxygen atoms in total. The molecule has 3 rings (SSSR count). The van der Waals surface area contributed by atoms with Gasteiger partial charge in [0.25, 0.3) is 0 Å². The van der Waals surface area contributed by atoms with E-state index in [2.05, 4.69) is 4.72 Å². The van der Waals surface area contributed by atoms with Crippen LogP contribution in [0.3, 0.4) is 0 Å². The number of fused-ring (bicyclic) bond motifs is 1. The topological polar surface area (TPSA) is 83.6 Å². The minimum atomic E-state index is -3.74. The van der Waals surface area contributed by atoms with Crippen LogP contribution in [0.15, 0.2) is 58.3 Å². The lowest BCUT2D eigenvalue weighted by Crippen LogP contribution is -2.31. The molecule has 8 heteroatoms. The van der Waals surface area contributed by atoms with E-state index in [0.717, 1.165) is 29.1 Å². The summed E-state index contributed by atoms with van der Waals surface area (Å²) in [6.45, 7) is 0. The lowest BCUT2D eigenvalue weighted by atomic mass is 9.88. The second-order valence-electron chi connectivity index (χ2n) is 6.52. The van der Waals surface area contributed by atoms with Crippen LogP contribution < -0.4 is 4.72 Å². The molecule has 2 aromatic rings. The molecular weight excluding hydrogens is 372 g/mol. The molecular formula is C18H22N2O4S2. The van der Waals surface area contributed by atoms with E-state index in [1.807, 2.05) is 24.3 Å². The lowest BCUT2D eigenvalue weighted by Gasteiger charge is -2.26. The van der Waals surface area contributed by atoms with Crippen molar-refractivity contribution < 1.29 is 16.8 Å². The molecule has 0 bridgehead atoms. The van der Waals surface area contributed by atoms with Gasteiger partial charge in [0, 0.05) is 20.1 Å². The number of sulfonamides is 2. The van der Waals surface area contributed by atoms with Crippen LogP contribution >= 0.6 is 0 Å². The van der Waals surface area contributed by atoms with Crippen LogP contribution in [0.2, 0.25) is 0 Å². The molecule has 2 aromatic carbocycles. The maximum absolute atomic E-state index is 12.7. The summed E-state index contributed by atoms with van der Waals surface area (Å²) in [7, 11) is -4.47. The van der Waals surface area contributed by atoms with Gasteiger partial charge in [-0.1, -0.05) is 24.3 Å². The monoisotopic (exact) mass is 394 g/mol. The summed E-state index contributed by atoms with van der Waals surface area (Å²) in [6, 6.07) is 12.9. The van der Waals surface area contributed by atoms with Gasteiger partial charge in [-0.2, -0.15) is 0 Å². The van der Waals surface area contributed by atoms with Crippen LogP contribution in [-0.4, -0.2) is 35.2 Å². The highest BCUT2D eigenvalue weighted by molar-refractivity contribution is 7.89. The summed E-state index contributed by atoms with van der Waals surface area (Å²) < 4.78 is 53.5. The maximum atomic E-state index is 12.7. The number of benzene rings is 2. The molecule has 1 aliphatic carbocycles. The first-order chi connectivity index (χ1) is 12.2. The molecule has 0 aliphatic heterocycles. The molecule has 1 aliphatic rings. The Morgan fingerprint density at radius 3 is 2.19 bits per heavy atom. The molecule has 1 atom stereocenters.